The van der Waals surface area contributed by atoms with Crippen LogP contribution in [0.15, 0.2) is 24.3 Å². The van der Waals surface area contributed by atoms with E-state index in [0.717, 1.165) is 5.56 Å². The fourth-order valence-electron chi connectivity index (χ4n) is 0.938. The number of hydrogen-bond acceptors (Lipinski definition) is 2. The normalized spacial score (nSPS) is 11.4. The van der Waals surface area contributed by atoms with Crippen molar-refractivity contribution >= 4 is 0 Å². The van der Waals surface area contributed by atoms with Gasteiger partial charge in [0.1, 0.15) is 5.75 Å². The van der Waals surface area contributed by atoms with Crippen molar-refractivity contribution in [2.45, 2.75) is 26.0 Å². The van der Waals surface area contributed by atoms with Crippen molar-refractivity contribution in [1.82, 2.24) is 0 Å². The van der Waals surface area contributed by atoms with Crippen LogP contribution in [-0.2, 0) is 6.54 Å². The van der Waals surface area contributed by atoms with Crippen LogP contribution in [0.2, 0.25) is 0 Å². The van der Waals surface area contributed by atoms with E-state index in [4.69, 9.17) is 5.73 Å². The number of benzene rings is 1. The molecule has 0 heterocycles. The smallest absolute Gasteiger partial charge is 0.397 e. The van der Waals surface area contributed by atoms with Crippen LogP contribution in [0.3, 0.4) is 0 Å². The van der Waals surface area contributed by atoms with Crippen LogP contribution < -0.4 is 10.5 Å². The summed E-state index contributed by atoms with van der Waals surface area (Å²) in [4.78, 5) is 0. The maximum atomic E-state index is 12.8. The maximum absolute atomic E-state index is 12.8. The molecule has 0 saturated carbocycles. The molecular weight excluding hydrogens is 188 g/mol. The monoisotopic (exact) mass is 201 g/mol. The van der Waals surface area contributed by atoms with Crippen molar-refractivity contribution < 1.29 is 13.5 Å². The fourth-order valence-corrected chi connectivity index (χ4v) is 0.938. The van der Waals surface area contributed by atoms with E-state index in [0.29, 0.717) is 6.54 Å². The van der Waals surface area contributed by atoms with E-state index in [9.17, 15) is 8.78 Å². The van der Waals surface area contributed by atoms with Crippen LogP contribution in [0.5, 0.6) is 5.75 Å². The van der Waals surface area contributed by atoms with Crippen molar-refractivity contribution in [3.05, 3.63) is 29.8 Å². The summed E-state index contributed by atoms with van der Waals surface area (Å²) in [6.07, 6.45) is -3.43. The molecule has 0 aliphatic carbocycles. The molecule has 4 heteroatoms. The SMILES string of the molecule is CCC(F)(F)Oc1ccc(CN)cc1. The average Bonchev–Trinajstić information content (AvgIpc) is 2.19. The molecule has 0 unspecified atom stereocenters. The first-order chi connectivity index (χ1) is 6.57. The molecule has 0 atom stereocenters. The first kappa shape index (κ1) is 10.9. The lowest BCUT2D eigenvalue weighted by molar-refractivity contribution is -0.177. The summed E-state index contributed by atoms with van der Waals surface area (Å²) < 4.78 is 30.0. The highest BCUT2D eigenvalue weighted by Crippen LogP contribution is 2.24. The number of halogens is 2. The predicted molar refractivity (Wildman–Crippen MR) is 50.2 cm³/mol. The van der Waals surface area contributed by atoms with Gasteiger partial charge >= 0.3 is 6.11 Å². The second kappa shape index (κ2) is 4.37. The van der Waals surface area contributed by atoms with Crippen LogP contribution in [0.1, 0.15) is 18.9 Å². The van der Waals surface area contributed by atoms with E-state index in [1.54, 1.807) is 12.1 Å². The van der Waals surface area contributed by atoms with Gasteiger partial charge in [-0.25, -0.2) is 0 Å². The fraction of sp³-hybridized carbons (Fsp3) is 0.400. The minimum atomic E-state index is -3.09. The summed E-state index contributed by atoms with van der Waals surface area (Å²) in [7, 11) is 0. The van der Waals surface area contributed by atoms with Crippen molar-refractivity contribution in [2.75, 3.05) is 0 Å². The minimum Gasteiger partial charge on any atom is -0.433 e. The highest BCUT2D eigenvalue weighted by Gasteiger charge is 2.28. The third-order valence-electron chi connectivity index (χ3n) is 1.84. The van der Waals surface area contributed by atoms with Crippen molar-refractivity contribution in [3.63, 3.8) is 0 Å². The van der Waals surface area contributed by atoms with Gasteiger partial charge in [0.05, 0.1) is 0 Å². The largest absolute Gasteiger partial charge is 0.433 e. The Morgan fingerprint density at radius 2 is 1.86 bits per heavy atom. The Morgan fingerprint density at radius 3 is 2.29 bits per heavy atom. The Hall–Kier alpha value is -1.16. The van der Waals surface area contributed by atoms with Gasteiger partial charge in [-0.05, 0) is 17.7 Å². The zero-order valence-corrected chi connectivity index (χ0v) is 7.97. The van der Waals surface area contributed by atoms with Gasteiger partial charge in [0.2, 0.25) is 0 Å². The Balaban J connectivity index is 2.69. The third-order valence-corrected chi connectivity index (χ3v) is 1.84. The van der Waals surface area contributed by atoms with Gasteiger partial charge < -0.3 is 10.5 Å². The maximum Gasteiger partial charge on any atom is 0.397 e. The Labute approximate surface area is 81.7 Å². The average molecular weight is 201 g/mol. The molecule has 0 spiro atoms. The molecule has 0 aromatic heterocycles. The second-order valence-corrected chi connectivity index (χ2v) is 2.94. The number of nitrogens with two attached hydrogens (primary N) is 1. The Morgan fingerprint density at radius 1 is 1.29 bits per heavy atom. The highest BCUT2D eigenvalue weighted by atomic mass is 19.3. The first-order valence-electron chi connectivity index (χ1n) is 4.43. The molecule has 1 aromatic carbocycles. The zero-order chi connectivity index (χ0) is 10.6. The number of alkyl halides is 2. The summed E-state index contributed by atoms with van der Waals surface area (Å²) in [5.74, 6) is 0.161. The molecule has 0 aliphatic heterocycles. The van der Waals surface area contributed by atoms with Crippen LogP contribution in [0, 0.1) is 0 Å². The van der Waals surface area contributed by atoms with Gasteiger partial charge in [-0.1, -0.05) is 19.1 Å². The molecule has 2 N–H and O–H groups in total. The van der Waals surface area contributed by atoms with E-state index in [1.807, 2.05) is 0 Å². The Kier molecular flexibility index (Phi) is 3.41. The molecule has 0 bridgehead atoms. The molecule has 0 saturated heterocycles. The van der Waals surface area contributed by atoms with Crippen LogP contribution in [0.25, 0.3) is 0 Å². The summed E-state index contributed by atoms with van der Waals surface area (Å²) in [6.45, 7) is 1.76. The van der Waals surface area contributed by atoms with Gasteiger partial charge in [-0.2, -0.15) is 8.78 Å². The zero-order valence-electron chi connectivity index (χ0n) is 7.97. The van der Waals surface area contributed by atoms with Crippen LogP contribution in [-0.4, -0.2) is 6.11 Å². The first-order valence-corrected chi connectivity index (χ1v) is 4.43. The number of hydrogen-bond donors (Lipinski definition) is 1. The number of rotatable bonds is 4. The molecular formula is C10H13F2NO. The summed E-state index contributed by atoms with van der Waals surface area (Å²) in [5.41, 5.74) is 6.25. The van der Waals surface area contributed by atoms with E-state index < -0.39 is 6.11 Å². The molecule has 0 aliphatic rings. The molecule has 2 nitrogen and oxygen atoms in total. The lowest BCUT2D eigenvalue weighted by Crippen LogP contribution is -2.23. The summed E-state index contributed by atoms with van der Waals surface area (Å²) in [6, 6.07) is 6.32. The molecule has 0 radical (unpaired) electrons. The predicted octanol–water partition coefficient (Wildman–Crippen LogP) is 2.53. The van der Waals surface area contributed by atoms with Crippen LogP contribution >= 0.6 is 0 Å². The van der Waals surface area contributed by atoms with E-state index in [2.05, 4.69) is 4.74 Å². The van der Waals surface area contributed by atoms with E-state index >= 15 is 0 Å². The highest BCUT2D eigenvalue weighted by molar-refractivity contribution is 5.27. The van der Waals surface area contributed by atoms with E-state index in [-0.39, 0.29) is 12.2 Å². The van der Waals surface area contributed by atoms with Crippen molar-refractivity contribution in [3.8, 4) is 5.75 Å². The molecule has 0 fully saturated rings. The van der Waals surface area contributed by atoms with Gasteiger partial charge in [-0.3, -0.25) is 0 Å². The summed E-state index contributed by atoms with van der Waals surface area (Å²) in [5, 5.41) is 0. The van der Waals surface area contributed by atoms with Gasteiger partial charge in [-0.15, -0.1) is 0 Å². The lowest BCUT2D eigenvalue weighted by Gasteiger charge is -2.15. The van der Waals surface area contributed by atoms with Crippen molar-refractivity contribution in [1.29, 1.82) is 0 Å². The topological polar surface area (TPSA) is 35.2 Å². The quantitative estimate of drug-likeness (QED) is 0.812. The molecule has 78 valence electrons. The van der Waals surface area contributed by atoms with Gasteiger partial charge in [0.25, 0.3) is 0 Å². The third kappa shape index (κ3) is 2.96. The van der Waals surface area contributed by atoms with Crippen molar-refractivity contribution in [2.24, 2.45) is 5.73 Å². The van der Waals surface area contributed by atoms with Gasteiger partial charge in [0.15, 0.2) is 0 Å². The second-order valence-electron chi connectivity index (χ2n) is 2.94. The van der Waals surface area contributed by atoms with Gasteiger partial charge in [0, 0.05) is 13.0 Å². The standard InChI is InChI=1S/C10H13F2NO/c1-2-10(11,12)14-9-5-3-8(7-13)4-6-9/h3-6H,2,7,13H2,1H3. The molecule has 1 aromatic rings. The molecule has 1 rings (SSSR count). The molecule has 0 amide bonds. The molecule has 14 heavy (non-hydrogen) atoms. The lowest BCUT2D eigenvalue weighted by atomic mass is 10.2. The number of ether oxygens (including phenoxy) is 1. The Bertz CT molecular complexity index is 285. The minimum absolute atomic E-state index is 0.161. The summed E-state index contributed by atoms with van der Waals surface area (Å²) >= 11 is 0. The van der Waals surface area contributed by atoms with E-state index in [1.165, 1.54) is 19.1 Å². The van der Waals surface area contributed by atoms with Crippen LogP contribution in [0.4, 0.5) is 8.78 Å².